The summed E-state index contributed by atoms with van der Waals surface area (Å²) in [6, 6.07) is 12.1. The average molecular weight is 522 g/mol. The summed E-state index contributed by atoms with van der Waals surface area (Å²) in [6.07, 6.45) is 0.650. The van der Waals surface area contributed by atoms with Crippen LogP contribution in [0.15, 0.2) is 47.4 Å². The summed E-state index contributed by atoms with van der Waals surface area (Å²) in [6.45, 7) is 6.40. The number of halogens is 1. The number of aryl methyl sites for hydroxylation is 1. The number of fused-ring (bicyclic) bond motifs is 1. The number of aromatic nitrogens is 1. The van der Waals surface area contributed by atoms with Crippen molar-refractivity contribution in [2.45, 2.75) is 24.7 Å². The molecule has 1 fully saturated rings. The van der Waals surface area contributed by atoms with Gasteiger partial charge in [-0.15, -0.1) is 0 Å². The van der Waals surface area contributed by atoms with E-state index in [0.29, 0.717) is 16.7 Å². The van der Waals surface area contributed by atoms with E-state index < -0.39 is 9.84 Å². The lowest BCUT2D eigenvalue weighted by Gasteiger charge is -2.27. The highest BCUT2D eigenvalue weighted by Crippen LogP contribution is 2.31. The van der Waals surface area contributed by atoms with E-state index in [1.54, 1.807) is 35.2 Å². The van der Waals surface area contributed by atoms with E-state index >= 15 is 0 Å². The third kappa shape index (κ3) is 6.34. The first-order valence-corrected chi connectivity index (χ1v) is 14.1. The molecular weight excluding hydrogens is 494 g/mol. The Kier molecular flexibility index (Phi) is 8.21. The highest BCUT2D eigenvalue weighted by molar-refractivity contribution is 7.91. The van der Waals surface area contributed by atoms with Crippen molar-refractivity contribution in [3.05, 3.63) is 53.1 Å². The Balaban J connectivity index is 1.48. The minimum Gasteiger partial charge on any atom is -0.379 e. The van der Waals surface area contributed by atoms with E-state index in [1.165, 1.54) is 11.3 Å². The van der Waals surface area contributed by atoms with Gasteiger partial charge in [0.05, 0.1) is 34.1 Å². The summed E-state index contributed by atoms with van der Waals surface area (Å²) in [5, 5.41) is 1.18. The van der Waals surface area contributed by atoms with E-state index in [2.05, 4.69) is 9.88 Å². The molecule has 0 radical (unpaired) electrons. The van der Waals surface area contributed by atoms with E-state index in [1.807, 2.05) is 19.1 Å². The van der Waals surface area contributed by atoms with E-state index in [4.69, 9.17) is 16.3 Å². The Morgan fingerprint density at radius 1 is 1.18 bits per heavy atom. The number of amides is 1. The standard InChI is InChI=1S/C24H28ClN3O4S2/c1-18-3-6-20(7-4-18)34(30,31)16-9-23(29)28(11-2-10-27-12-14-32-15-13-27)24-26-21-8-5-19(25)17-22(21)33-24/h3-8,17H,2,9-16H2,1H3. The van der Waals surface area contributed by atoms with E-state index in [0.717, 1.165) is 55.0 Å². The third-order valence-corrected chi connectivity index (χ3v) is 8.80. The number of nitrogens with zero attached hydrogens (tertiary/aromatic N) is 3. The fraction of sp³-hybridized carbons (Fsp3) is 0.417. The van der Waals surface area contributed by atoms with Crippen molar-refractivity contribution in [1.29, 1.82) is 0 Å². The number of morpholine rings is 1. The van der Waals surface area contributed by atoms with E-state index in [-0.39, 0.29) is 23.0 Å². The molecule has 7 nitrogen and oxygen atoms in total. The van der Waals surface area contributed by atoms with Gasteiger partial charge in [0.15, 0.2) is 15.0 Å². The molecule has 2 heterocycles. The fourth-order valence-electron chi connectivity index (χ4n) is 3.83. The van der Waals surface area contributed by atoms with Crippen LogP contribution >= 0.6 is 22.9 Å². The minimum absolute atomic E-state index is 0.107. The first-order valence-electron chi connectivity index (χ1n) is 11.3. The Morgan fingerprint density at radius 2 is 1.91 bits per heavy atom. The van der Waals surface area contributed by atoms with Crippen LogP contribution in [0.4, 0.5) is 5.13 Å². The van der Waals surface area contributed by atoms with Gasteiger partial charge in [0.1, 0.15) is 0 Å². The number of hydrogen-bond donors (Lipinski definition) is 0. The largest absolute Gasteiger partial charge is 0.379 e. The van der Waals surface area contributed by atoms with Gasteiger partial charge in [-0.1, -0.05) is 40.6 Å². The fourth-order valence-corrected chi connectivity index (χ4v) is 6.34. The van der Waals surface area contributed by atoms with Crippen LogP contribution < -0.4 is 4.90 Å². The molecule has 182 valence electrons. The summed E-state index contributed by atoms with van der Waals surface area (Å²) in [5.74, 6) is -0.492. The number of ether oxygens (including phenoxy) is 1. The lowest BCUT2D eigenvalue weighted by molar-refractivity contribution is -0.118. The van der Waals surface area contributed by atoms with Crippen LogP contribution in [0.1, 0.15) is 18.4 Å². The molecule has 1 aliphatic heterocycles. The van der Waals surface area contributed by atoms with Gasteiger partial charge < -0.3 is 4.74 Å². The normalized spacial score (nSPS) is 15.0. The molecule has 0 bridgehead atoms. The smallest absolute Gasteiger partial charge is 0.229 e. The van der Waals surface area contributed by atoms with Crippen molar-refractivity contribution in [2.24, 2.45) is 0 Å². The number of benzene rings is 2. The Morgan fingerprint density at radius 3 is 2.65 bits per heavy atom. The van der Waals surface area contributed by atoms with Crippen LogP contribution in [-0.4, -0.2) is 69.4 Å². The lowest BCUT2D eigenvalue weighted by Crippen LogP contribution is -2.39. The maximum absolute atomic E-state index is 13.3. The Labute approximate surface area is 209 Å². The number of sulfone groups is 1. The number of anilines is 1. The molecule has 34 heavy (non-hydrogen) atoms. The summed E-state index contributed by atoms with van der Waals surface area (Å²) in [4.78, 5) is 22.1. The van der Waals surface area contributed by atoms with Gasteiger partial charge in [-0.3, -0.25) is 14.6 Å². The second-order valence-corrected chi connectivity index (χ2v) is 11.9. The van der Waals surface area contributed by atoms with Crippen molar-refractivity contribution in [2.75, 3.05) is 50.0 Å². The van der Waals surface area contributed by atoms with Gasteiger partial charge in [-0.05, 0) is 43.7 Å². The zero-order valence-electron chi connectivity index (χ0n) is 19.1. The molecule has 4 rings (SSSR count). The molecule has 0 saturated carbocycles. The number of rotatable bonds is 9. The van der Waals surface area contributed by atoms with Crippen molar-refractivity contribution in [1.82, 2.24) is 9.88 Å². The summed E-state index contributed by atoms with van der Waals surface area (Å²) < 4.78 is 31.9. The summed E-state index contributed by atoms with van der Waals surface area (Å²) in [5.41, 5.74) is 1.75. The van der Waals surface area contributed by atoms with Crippen molar-refractivity contribution >= 4 is 54.0 Å². The molecule has 1 amide bonds. The second kappa shape index (κ2) is 11.1. The molecule has 0 spiro atoms. The number of carbonyl (C=O) groups is 1. The number of thiazole rings is 1. The molecule has 2 aromatic carbocycles. The predicted octanol–water partition coefficient (Wildman–Crippen LogP) is 4.18. The van der Waals surface area contributed by atoms with Gasteiger partial charge in [-0.25, -0.2) is 13.4 Å². The first-order chi connectivity index (χ1) is 16.3. The summed E-state index contributed by atoms with van der Waals surface area (Å²) >= 11 is 7.52. The van der Waals surface area contributed by atoms with Crippen LogP contribution in [-0.2, 0) is 19.4 Å². The SMILES string of the molecule is Cc1ccc(S(=O)(=O)CCC(=O)N(CCCN2CCOCC2)c2nc3ccc(Cl)cc3s2)cc1. The minimum atomic E-state index is -3.56. The van der Waals surface area contributed by atoms with Gasteiger partial charge >= 0.3 is 0 Å². The quantitative estimate of drug-likeness (QED) is 0.420. The van der Waals surface area contributed by atoms with Crippen LogP contribution in [0.25, 0.3) is 10.2 Å². The predicted molar refractivity (Wildman–Crippen MR) is 137 cm³/mol. The van der Waals surface area contributed by atoms with Crippen LogP contribution in [0.5, 0.6) is 0 Å². The van der Waals surface area contributed by atoms with Crippen molar-refractivity contribution in [3.63, 3.8) is 0 Å². The monoisotopic (exact) mass is 521 g/mol. The molecular formula is C24H28ClN3O4S2. The van der Waals surface area contributed by atoms with Gasteiger partial charge in [0.25, 0.3) is 0 Å². The maximum atomic E-state index is 13.3. The molecule has 0 atom stereocenters. The van der Waals surface area contributed by atoms with E-state index in [9.17, 15) is 13.2 Å². The molecule has 1 aromatic heterocycles. The Hall–Kier alpha value is -2.04. The highest BCUT2D eigenvalue weighted by atomic mass is 35.5. The summed E-state index contributed by atoms with van der Waals surface area (Å²) in [7, 11) is -3.56. The van der Waals surface area contributed by atoms with Crippen LogP contribution in [0.3, 0.4) is 0 Å². The molecule has 1 saturated heterocycles. The van der Waals surface area contributed by atoms with Crippen molar-refractivity contribution in [3.8, 4) is 0 Å². The number of carbonyl (C=O) groups excluding carboxylic acids is 1. The third-order valence-electron chi connectivity index (χ3n) is 5.80. The first kappa shape index (κ1) is 25.1. The molecule has 0 N–H and O–H groups in total. The van der Waals surface area contributed by atoms with Crippen LogP contribution in [0, 0.1) is 6.92 Å². The van der Waals surface area contributed by atoms with Gasteiger partial charge in [0.2, 0.25) is 5.91 Å². The average Bonchev–Trinajstić information content (AvgIpc) is 3.24. The van der Waals surface area contributed by atoms with Crippen molar-refractivity contribution < 1.29 is 17.9 Å². The second-order valence-electron chi connectivity index (χ2n) is 8.34. The molecule has 1 aliphatic rings. The Bertz CT molecular complexity index is 1240. The van der Waals surface area contributed by atoms with Gasteiger partial charge in [-0.2, -0.15) is 0 Å². The zero-order valence-corrected chi connectivity index (χ0v) is 21.5. The molecule has 0 aliphatic carbocycles. The van der Waals surface area contributed by atoms with Gasteiger partial charge in [0, 0.05) is 37.6 Å². The lowest BCUT2D eigenvalue weighted by atomic mass is 10.2. The molecule has 10 heteroatoms. The highest BCUT2D eigenvalue weighted by Gasteiger charge is 2.23. The number of hydrogen-bond acceptors (Lipinski definition) is 7. The molecule has 3 aromatic rings. The topological polar surface area (TPSA) is 79.8 Å². The van der Waals surface area contributed by atoms with Crippen LogP contribution in [0.2, 0.25) is 5.02 Å². The maximum Gasteiger partial charge on any atom is 0.229 e. The molecule has 0 unspecified atom stereocenters. The zero-order chi connectivity index (χ0) is 24.1.